The minimum absolute atomic E-state index is 0.515. The zero-order valence-electron chi connectivity index (χ0n) is 15.3. The van der Waals surface area contributed by atoms with Gasteiger partial charge in [-0.05, 0) is 43.5 Å². The van der Waals surface area contributed by atoms with Gasteiger partial charge < -0.3 is 15.5 Å². The molecule has 0 bridgehead atoms. The molecule has 7 nitrogen and oxygen atoms in total. The molecule has 0 aliphatic carbocycles. The minimum Gasteiger partial charge on any atom is -0.371 e. The number of aromatic nitrogens is 3. The molecule has 0 saturated carbocycles. The van der Waals surface area contributed by atoms with Gasteiger partial charge in [0.2, 0.25) is 0 Å². The van der Waals surface area contributed by atoms with Crippen LogP contribution in [0, 0.1) is 5.92 Å². The van der Waals surface area contributed by atoms with Gasteiger partial charge in [0.1, 0.15) is 18.7 Å². The highest BCUT2D eigenvalue weighted by Gasteiger charge is 2.22. The van der Waals surface area contributed by atoms with E-state index in [-0.39, 0.29) is 0 Å². The minimum atomic E-state index is 0.515. The smallest absolute Gasteiger partial charge is 0.191 e. The van der Waals surface area contributed by atoms with Crippen molar-refractivity contribution in [3.63, 3.8) is 0 Å². The lowest BCUT2D eigenvalue weighted by Crippen LogP contribution is -2.40. The number of nitrogens with zero attached hydrogens (tertiary/aromatic N) is 5. The Morgan fingerprint density at radius 3 is 2.81 bits per heavy atom. The van der Waals surface area contributed by atoms with Crippen LogP contribution in [0.15, 0.2) is 40.1 Å². The fraction of sp³-hybridized carbons (Fsp3) is 0.500. The number of guanidine groups is 1. The summed E-state index contributed by atoms with van der Waals surface area (Å²) in [6.45, 7) is 6.50. The van der Waals surface area contributed by atoms with Crippen LogP contribution in [0.1, 0.15) is 19.2 Å². The van der Waals surface area contributed by atoms with Crippen molar-refractivity contribution in [1.82, 2.24) is 25.4 Å². The van der Waals surface area contributed by atoms with Crippen LogP contribution in [0.3, 0.4) is 0 Å². The number of hydrogen-bond donors (Lipinski definition) is 2. The second-order valence-corrected chi connectivity index (χ2v) is 7.37. The molecule has 3 rings (SSSR count). The highest BCUT2D eigenvalue weighted by atomic mass is 79.9. The third kappa shape index (κ3) is 4.97. The molecule has 2 N–H and O–H groups in total. The first-order valence-corrected chi connectivity index (χ1v) is 9.80. The standard InChI is InChI=1S/C18H26BrN7/c1-3-20-18(22-11-17-23-13-24-25(17)2)21-10-14-8-9-26(12-14)16-6-4-15(19)5-7-16/h4-7,13-14H,3,8-12H2,1-2H3,(H2,20,21,22). The topological polar surface area (TPSA) is 70.4 Å². The first-order chi connectivity index (χ1) is 12.7. The van der Waals surface area contributed by atoms with E-state index in [1.165, 1.54) is 12.1 Å². The molecule has 1 fully saturated rings. The van der Waals surface area contributed by atoms with Gasteiger partial charge in [-0.25, -0.2) is 9.98 Å². The second-order valence-electron chi connectivity index (χ2n) is 6.45. The van der Waals surface area contributed by atoms with Gasteiger partial charge >= 0.3 is 0 Å². The van der Waals surface area contributed by atoms with E-state index < -0.39 is 0 Å². The van der Waals surface area contributed by atoms with Gasteiger partial charge in [-0.2, -0.15) is 5.10 Å². The van der Waals surface area contributed by atoms with E-state index in [0.717, 1.165) is 42.4 Å². The van der Waals surface area contributed by atoms with Crippen molar-refractivity contribution in [3.05, 3.63) is 40.9 Å². The van der Waals surface area contributed by atoms with E-state index in [9.17, 15) is 0 Å². The molecule has 0 amide bonds. The SMILES string of the molecule is CCNC(=NCc1ncnn1C)NCC1CCN(c2ccc(Br)cc2)C1. The van der Waals surface area contributed by atoms with Gasteiger partial charge in [0.15, 0.2) is 5.96 Å². The average molecular weight is 420 g/mol. The third-order valence-corrected chi connectivity index (χ3v) is 5.09. The summed E-state index contributed by atoms with van der Waals surface area (Å²) < 4.78 is 2.87. The first kappa shape index (κ1) is 18.7. The summed E-state index contributed by atoms with van der Waals surface area (Å²) in [4.78, 5) is 11.3. The van der Waals surface area contributed by atoms with Gasteiger partial charge in [0, 0.05) is 43.4 Å². The fourth-order valence-corrected chi connectivity index (χ4v) is 3.35. The maximum atomic E-state index is 4.62. The molecule has 0 spiro atoms. The molecule has 1 unspecified atom stereocenters. The zero-order valence-corrected chi connectivity index (χ0v) is 16.9. The van der Waals surface area contributed by atoms with E-state index in [0.29, 0.717) is 12.5 Å². The van der Waals surface area contributed by atoms with Crippen molar-refractivity contribution in [1.29, 1.82) is 0 Å². The van der Waals surface area contributed by atoms with Crippen LogP contribution in [-0.2, 0) is 13.6 Å². The van der Waals surface area contributed by atoms with Crippen LogP contribution in [0.5, 0.6) is 0 Å². The van der Waals surface area contributed by atoms with Crippen molar-refractivity contribution >= 4 is 27.6 Å². The molecule has 2 aromatic rings. The Bertz CT molecular complexity index is 725. The van der Waals surface area contributed by atoms with Crippen LogP contribution in [0.4, 0.5) is 5.69 Å². The summed E-state index contributed by atoms with van der Waals surface area (Å²) in [7, 11) is 1.88. The number of nitrogens with one attached hydrogen (secondary N) is 2. The lowest BCUT2D eigenvalue weighted by Gasteiger charge is -2.19. The van der Waals surface area contributed by atoms with E-state index >= 15 is 0 Å². The number of hydrogen-bond acceptors (Lipinski definition) is 4. The van der Waals surface area contributed by atoms with E-state index in [2.05, 4.69) is 77.7 Å². The molecule has 1 aliphatic rings. The van der Waals surface area contributed by atoms with Gasteiger partial charge in [-0.1, -0.05) is 15.9 Å². The number of aryl methyl sites for hydroxylation is 1. The highest BCUT2D eigenvalue weighted by molar-refractivity contribution is 9.10. The van der Waals surface area contributed by atoms with Crippen molar-refractivity contribution in [3.8, 4) is 0 Å². The Morgan fingerprint density at radius 1 is 1.31 bits per heavy atom. The second kappa shape index (κ2) is 9.02. The molecule has 1 saturated heterocycles. The van der Waals surface area contributed by atoms with Crippen LogP contribution in [0.25, 0.3) is 0 Å². The summed E-state index contributed by atoms with van der Waals surface area (Å²) in [5.74, 6) is 2.29. The molecule has 8 heteroatoms. The number of aliphatic imine (C=N–C) groups is 1. The maximum absolute atomic E-state index is 4.62. The number of rotatable bonds is 6. The van der Waals surface area contributed by atoms with Crippen molar-refractivity contribution < 1.29 is 0 Å². The van der Waals surface area contributed by atoms with Crippen LogP contribution < -0.4 is 15.5 Å². The third-order valence-electron chi connectivity index (χ3n) is 4.56. The van der Waals surface area contributed by atoms with Gasteiger partial charge in [-0.3, -0.25) is 4.68 Å². The summed E-state index contributed by atoms with van der Waals surface area (Å²) in [6.07, 6.45) is 2.74. The number of halogens is 1. The van der Waals surface area contributed by atoms with Gasteiger partial charge in [0.05, 0.1) is 0 Å². The zero-order chi connectivity index (χ0) is 18.4. The van der Waals surface area contributed by atoms with E-state index in [4.69, 9.17) is 0 Å². The molecule has 1 aromatic heterocycles. The van der Waals surface area contributed by atoms with Crippen LogP contribution >= 0.6 is 15.9 Å². The summed E-state index contributed by atoms with van der Waals surface area (Å²) in [5.41, 5.74) is 1.29. The highest BCUT2D eigenvalue weighted by Crippen LogP contribution is 2.24. The van der Waals surface area contributed by atoms with Crippen molar-refractivity contribution in [2.24, 2.45) is 18.0 Å². The Labute approximate surface area is 163 Å². The monoisotopic (exact) mass is 419 g/mol. The Morgan fingerprint density at radius 2 is 2.12 bits per heavy atom. The quantitative estimate of drug-likeness (QED) is 0.554. The lowest BCUT2D eigenvalue weighted by molar-refractivity contribution is 0.565. The molecule has 0 radical (unpaired) electrons. The average Bonchev–Trinajstić information content (AvgIpc) is 3.27. The molecule has 140 valence electrons. The van der Waals surface area contributed by atoms with Crippen molar-refractivity contribution in [2.45, 2.75) is 19.9 Å². The van der Waals surface area contributed by atoms with Gasteiger partial charge in [-0.15, -0.1) is 0 Å². The van der Waals surface area contributed by atoms with E-state index in [1.54, 1.807) is 11.0 Å². The van der Waals surface area contributed by atoms with Crippen LogP contribution in [0.2, 0.25) is 0 Å². The molecule has 1 aliphatic heterocycles. The van der Waals surface area contributed by atoms with Gasteiger partial charge in [0.25, 0.3) is 0 Å². The van der Waals surface area contributed by atoms with Crippen molar-refractivity contribution in [2.75, 3.05) is 31.1 Å². The van der Waals surface area contributed by atoms with E-state index in [1.807, 2.05) is 7.05 Å². The normalized spacial score (nSPS) is 17.6. The molecular formula is C18H26BrN7. The predicted molar refractivity (Wildman–Crippen MR) is 108 cm³/mol. The fourth-order valence-electron chi connectivity index (χ4n) is 3.08. The lowest BCUT2D eigenvalue weighted by atomic mass is 10.1. The Balaban J connectivity index is 1.51. The molecule has 26 heavy (non-hydrogen) atoms. The molecular weight excluding hydrogens is 394 g/mol. The predicted octanol–water partition coefficient (Wildman–Crippen LogP) is 2.16. The summed E-state index contributed by atoms with van der Waals surface area (Å²) in [6, 6.07) is 8.55. The maximum Gasteiger partial charge on any atom is 0.191 e. The van der Waals surface area contributed by atoms with Crippen LogP contribution in [-0.4, -0.2) is 46.9 Å². The summed E-state index contributed by atoms with van der Waals surface area (Å²) >= 11 is 3.50. The molecule has 1 aromatic carbocycles. The molecule has 2 heterocycles. The molecule has 1 atom stereocenters. The number of anilines is 1. The largest absolute Gasteiger partial charge is 0.371 e. The first-order valence-electron chi connectivity index (χ1n) is 9.01. The number of benzene rings is 1. The Kier molecular flexibility index (Phi) is 6.49. The Hall–Kier alpha value is -2.09. The summed E-state index contributed by atoms with van der Waals surface area (Å²) in [5, 5.41) is 10.9.